The summed E-state index contributed by atoms with van der Waals surface area (Å²) in [4.78, 5) is 37.6. The lowest BCUT2D eigenvalue weighted by molar-refractivity contribution is -0.116. The molecule has 0 aliphatic heterocycles. The van der Waals surface area contributed by atoms with Crippen LogP contribution in [0.1, 0.15) is 31.8 Å². The van der Waals surface area contributed by atoms with Crippen LogP contribution in [0, 0.1) is 5.41 Å². The van der Waals surface area contributed by atoms with E-state index in [-0.39, 0.29) is 36.0 Å². The molecule has 7 N–H and O–H groups in total. The number of nitrogens with one attached hydrogen (secondary N) is 3. The van der Waals surface area contributed by atoms with Gasteiger partial charge in [0.2, 0.25) is 5.91 Å². The Balaban J connectivity index is 1.59. The number of benzene rings is 3. The van der Waals surface area contributed by atoms with Crippen molar-refractivity contribution >= 4 is 40.2 Å². The maximum atomic E-state index is 13.1. The summed E-state index contributed by atoms with van der Waals surface area (Å²) in [6.45, 7) is -0.107. The third kappa shape index (κ3) is 5.41. The number of carbonyl (C=O) groups excluding carboxylic acids is 3. The van der Waals surface area contributed by atoms with Crippen LogP contribution in [0.15, 0.2) is 66.9 Å². The van der Waals surface area contributed by atoms with Crippen molar-refractivity contribution in [1.82, 2.24) is 9.88 Å². The minimum atomic E-state index is -0.494. The van der Waals surface area contributed by atoms with Crippen molar-refractivity contribution in [3.8, 4) is 11.5 Å². The summed E-state index contributed by atoms with van der Waals surface area (Å²) in [5.41, 5.74) is 8.18. The number of hydrogen-bond acceptors (Lipinski definition) is 7. The monoisotopic (exact) mass is 515 g/mol. The fourth-order valence-corrected chi connectivity index (χ4v) is 4.00. The number of amides is 2. The summed E-state index contributed by atoms with van der Waals surface area (Å²) in [5, 5.41) is 33.2. The highest BCUT2D eigenvalue weighted by molar-refractivity contribution is 6.13. The smallest absolute Gasteiger partial charge is 0.337 e. The van der Waals surface area contributed by atoms with Crippen molar-refractivity contribution in [2.75, 3.05) is 12.4 Å². The summed E-state index contributed by atoms with van der Waals surface area (Å²) in [6.07, 6.45) is 1.54. The van der Waals surface area contributed by atoms with Crippen LogP contribution in [0.25, 0.3) is 10.9 Å². The van der Waals surface area contributed by atoms with E-state index < -0.39 is 17.8 Å². The fourth-order valence-electron chi connectivity index (χ4n) is 4.00. The Labute approximate surface area is 217 Å². The minimum absolute atomic E-state index is 0.0748. The van der Waals surface area contributed by atoms with Crippen LogP contribution in [0.5, 0.6) is 11.5 Å². The Morgan fingerprint density at radius 3 is 2.39 bits per heavy atom. The third-order valence-corrected chi connectivity index (χ3v) is 5.83. The first-order valence-electron chi connectivity index (χ1n) is 11.4. The standard InChI is InChI=1S/C27H25N5O6/c1-38-27(37)16-6-8-17(9-7-16)31-23(35)14-32-13-20(25(28)29)18-3-2-4-19(24(18)32)26(36)30-12-15-5-10-21(33)22(34)11-15/h2-11,13,33-34H,12,14H2,1H3,(H3,28,29)(H,30,36)(H,31,35). The van der Waals surface area contributed by atoms with E-state index in [0.29, 0.717) is 33.3 Å². The number of nitrogen functional groups attached to an aromatic ring is 1. The molecular formula is C27H25N5O6. The van der Waals surface area contributed by atoms with Crippen LogP contribution in [-0.2, 0) is 22.6 Å². The van der Waals surface area contributed by atoms with Crippen molar-refractivity contribution in [2.24, 2.45) is 5.73 Å². The number of phenols is 2. The van der Waals surface area contributed by atoms with Crippen molar-refractivity contribution in [1.29, 1.82) is 5.41 Å². The van der Waals surface area contributed by atoms with Crippen LogP contribution in [0.2, 0.25) is 0 Å². The van der Waals surface area contributed by atoms with Gasteiger partial charge in [0, 0.05) is 29.4 Å². The Kier molecular flexibility index (Phi) is 7.28. The van der Waals surface area contributed by atoms with Gasteiger partial charge in [-0.1, -0.05) is 18.2 Å². The molecule has 1 aromatic heterocycles. The van der Waals surface area contributed by atoms with Gasteiger partial charge < -0.3 is 35.9 Å². The lowest BCUT2D eigenvalue weighted by Gasteiger charge is -2.11. The highest BCUT2D eigenvalue weighted by atomic mass is 16.5. The lowest BCUT2D eigenvalue weighted by atomic mass is 10.1. The molecule has 0 aliphatic rings. The number of nitrogens with zero attached hydrogens (tertiary/aromatic N) is 1. The largest absolute Gasteiger partial charge is 0.504 e. The highest BCUT2D eigenvalue weighted by Gasteiger charge is 2.19. The predicted octanol–water partition coefficient (Wildman–Crippen LogP) is 2.69. The fraction of sp³-hybridized carbons (Fsp3) is 0.111. The molecule has 0 fully saturated rings. The number of rotatable bonds is 8. The SMILES string of the molecule is COC(=O)c1ccc(NC(=O)Cn2cc(C(=N)N)c3cccc(C(=O)NCc4ccc(O)c(O)c4)c32)cc1. The second kappa shape index (κ2) is 10.7. The van der Waals surface area contributed by atoms with Crippen LogP contribution in [-0.4, -0.2) is 45.5 Å². The van der Waals surface area contributed by atoms with Gasteiger partial charge >= 0.3 is 5.97 Å². The van der Waals surface area contributed by atoms with E-state index in [1.165, 1.54) is 31.4 Å². The zero-order valence-electron chi connectivity index (χ0n) is 20.3. The zero-order chi connectivity index (χ0) is 27.4. The van der Waals surface area contributed by atoms with Crippen LogP contribution in [0.3, 0.4) is 0 Å². The summed E-state index contributed by atoms with van der Waals surface area (Å²) in [6, 6.07) is 15.4. The van der Waals surface area contributed by atoms with E-state index in [9.17, 15) is 24.6 Å². The van der Waals surface area contributed by atoms with Gasteiger partial charge in [0.25, 0.3) is 5.91 Å². The lowest BCUT2D eigenvalue weighted by Crippen LogP contribution is -2.24. The number of aromatic nitrogens is 1. The number of nitrogens with two attached hydrogens (primary N) is 1. The normalized spacial score (nSPS) is 10.7. The first-order valence-corrected chi connectivity index (χ1v) is 11.4. The average molecular weight is 516 g/mol. The van der Waals surface area contributed by atoms with E-state index in [1.807, 2.05) is 0 Å². The van der Waals surface area contributed by atoms with Gasteiger partial charge in [0.15, 0.2) is 11.5 Å². The van der Waals surface area contributed by atoms with E-state index in [4.69, 9.17) is 11.1 Å². The van der Waals surface area contributed by atoms with E-state index in [0.717, 1.165) is 0 Å². The number of phenolic OH excluding ortho intramolecular Hbond substituents is 2. The molecule has 0 saturated carbocycles. The second-order valence-corrected chi connectivity index (χ2v) is 8.41. The minimum Gasteiger partial charge on any atom is -0.504 e. The van der Waals surface area contributed by atoms with Gasteiger partial charge in [0.05, 0.1) is 23.8 Å². The Morgan fingerprint density at radius 2 is 1.74 bits per heavy atom. The van der Waals surface area contributed by atoms with Crippen LogP contribution >= 0.6 is 0 Å². The molecule has 4 aromatic rings. The van der Waals surface area contributed by atoms with Gasteiger partial charge in [-0.25, -0.2) is 4.79 Å². The molecule has 2 amide bonds. The number of anilines is 1. The predicted molar refractivity (Wildman–Crippen MR) is 140 cm³/mol. The molecule has 4 rings (SSSR count). The van der Waals surface area contributed by atoms with Gasteiger partial charge in [-0.05, 0) is 48.0 Å². The number of aromatic hydroxyl groups is 2. The van der Waals surface area contributed by atoms with E-state index in [1.54, 1.807) is 47.2 Å². The van der Waals surface area contributed by atoms with Crippen molar-refractivity contribution in [3.05, 3.63) is 89.1 Å². The molecule has 11 heteroatoms. The molecule has 38 heavy (non-hydrogen) atoms. The van der Waals surface area contributed by atoms with Crippen molar-refractivity contribution < 1.29 is 29.3 Å². The number of fused-ring (bicyclic) bond motifs is 1. The topological polar surface area (TPSA) is 180 Å². The van der Waals surface area contributed by atoms with Crippen LogP contribution in [0.4, 0.5) is 5.69 Å². The highest BCUT2D eigenvalue weighted by Crippen LogP contribution is 2.27. The number of carbonyl (C=O) groups is 3. The van der Waals surface area contributed by atoms with Gasteiger partial charge in [0.1, 0.15) is 12.4 Å². The van der Waals surface area contributed by atoms with Gasteiger partial charge in [-0.15, -0.1) is 0 Å². The van der Waals surface area contributed by atoms with Gasteiger partial charge in [-0.2, -0.15) is 0 Å². The van der Waals surface area contributed by atoms with Gasteiger partial charge in [-0.3, -0.25) is 15.0 Å². The zero-order valence-corrected chi connectivity index (χ0v) is 20.3. The summed E-state index contributed by atoms with van der Waals surface area (Å²) in [7, 11) is 1.28. The number of ether oxygens (including phenoxy) is 1. The molecule has 0 unspecified atom stereocenters. The number of amidine groups is 1. The molecule has 194 valence electrons. The first kappa shape index (κ1) is 25.8. The molecule has 1 heterocycles. The summed E-state index contributed by atoms with van der Waals surface area (Å²) in [5.74, 6) is -2.13. The molecule has 0 saturated heterocycles. The van der Waals surface area contributed by atoms with Crippen molar-refractivity contribution in [2.45, 2.75) is 13.1 Å². The Bertz CT molecular complexity index is 1560. The summed E-state index contributed by atoms with van der Waals surface area (Å²) >= 11 is 0. The molecule has 0 spiro atoms. The van der Waals surface area contributed by atoms with E-state index in [2.05, 4.69) is 15.4 Å². The Hall–Kier alpha value is -5.32. The maximum Gasteiger partial charge on any atom is 0.337 e. The number of esters is 1. The average Bonchev–Trinajstić information content (AvgIpc) is 3.27. The maximum absolute atomic E-state index is 13.1. The van der Waals surface area contributed by atoms with Crippen molar-refractivity contribution in [3.63, 3.8) is 0 Å². The number of methoxy groups -OCH3 is 1. The molecule has 11 nitrogen and oxygen atoms in total. The molecule has 0 radical (unpaired) electrons. The molecule has 3 aromatic carbocycles. The number of para-hydroxylation sites is 1. The third-order valence-electron chi connectivity index (χ3n) is 5.83. The summed E-state index contributed by atoms with van der Waals surface area (Å²) < 4.78 is 6.22. The molecule has 0 bridgehead atoms. The Morgan fingerprint density at radius 1 is 1.00 bits per heavy atom. The van der Waals surface area contributed by atoms with E-state index >= 15 is 0 Å². The molecular weight excluding hydrogens is 490 g/mol. The quantitative estimate of drug-likeness (QED) is 0.0903. The second-order valence-electron chi connectivity index (χ2n) is 8.41. The molecule has 0 aliphatic carbocycles. The van der Waals surface area contributed by atoms with Crippen LogP contribution < -0.4 is 16.4 Å². The first-order chi connectivity index (χ1) is 18.2. The molecule has 0 atom stereocenters. The number of hydrogen-bond donors (Lipinski definition) is 6.